The number of allylic oxidation sites excluding steroid dienone is 1. The molecule has 2 aromatic rings. The molecule has 1 amide bonds. The second kappa shape index (κ2) is 8.22. The molecule has 4 aliphatic rings. The first kappa shape index (κ1) is 22.3. The van der Waals surface area contributed by atoms with E-state index in [4.69, 9.17) is 9.72 Å². The van der Waals surface area contributed by atoms with Crippen LogP contribution in [0, 0.1) is 11.3 Å². The first-order valence-corrected chi connectivity index (χ1v) is 12.7. The van der Waals surface area contributed by atoms with Crippen LogP contribution in [0.15, 0.2) is 34.9 Å². The molecule has 3 heterocycles. The van der Waals surface area contributed by atoms with Crippen LogP contribution in [0.1, 0.15) is 48.8 Å². The lowest BCUT2D eigenvalue weighted by molar-refractivity contribution is 0.0928. The Labute approximate surface area is 206 Å². The van der Waals surface area contributed by atoms with Crippen LogP contribution < -0.4 is 15.4 Å². The predicted molar refractivity (Wildman–Crippen MR) is 138 cm³/mol. The lowest BCUT2D eigenvalue weighted by Gasteiger charge is -2.23. The van der Waals surface area contributed by atoms with Gasteiger partial charge in [0.2, 0.25) is 0 Å². The molecule has 0 unspecified atom stereocenters. The normalized spacial score (nSPS) is 25.2. The van der Waals surface area contributed by atoms with Crippen molar-refractivity contribution in [3.05, 3.63) is 41.2 Å². The fraction of sp³-hybridized carbons (Fsp3) is 0.519. The van der Waals surface area contributed by atoms with E-state index in [0.29, 0.717) is 17.2 Å². The number of nitrogens with zero attached hydrogens (tertiary/aromatic N) is 4. The number of imidazole rings is 1. The Bertz CT molecular complexity index is 1290. The van der Waals surface area contributed by atoms with E-state index < -0.39 is 0 Å². The molecular formula is C27H34N6O2. The van der Waals surface area contributed by atoms with Gasteiger partial charge in [0.15, 0.2) is 5.82 Å². The maximum absolute atomic E-state index is 13.2. The Hall–Kier alpha value is -3.13. The minimum absolute atomic E-state index is 0.0653. The van der Waals surface area contributed by atoms with Gasteiger partial charge in [-0.25, -0.2) is 4.98 Å². The van der Waals surface area contributed by atoms with Crippen molar-refractivity contribution in [3.63, 3.8) is 0 Å². The summed E-state index contributed by atoms with van der Waals surface area (Å²) in [6.45, 7) is 4.82. The maximum atomic E-state index is 13.2. The zero-order chi connectivity index (χ0) is 24.3. The van der Waals surface area contributed by atoms with Gasteiger partial charge in [-0.05, 0) is 56.7 Å². The number of amidine groups is 1. The van der Waals surface area contributed by atoms with E-state index in [1.165, 1.54) is 25.7 Å². The van der Waals surface area contributed by atoms with Crippen LogP contribution in [0.25, 0.3) is 16.7 Å². The zero-order valence-electron chi connectivity index (χ0n) is 21.0. The molecule has 184 valence electrons. The van der Waals surface area contributed by atoms with Gasteiger partial charge in [0.25, 0.3) is 5.91 Å². The fourth-order valence-electron chi connectivity index (χ4n) is 5.71. The summed E-state index contributed by atoms with van der Waals surface area (Å²) in [5, 5.41) is 6.70. The highest BCUT2D eigenvalue weighted by Crippen LogP contribution is 2.50. The van der Waals surface area contributed by atoms with E-state index in [1.807, 2.05) is 33.2 Å². The molecule has 35 heavy (non-hydrogen) atoms. The Morgan fingerprint density at radius 1 is 1.37 bits per heavy atom. The van der Waals surface area contributed by atoms with Crippen LogP contribution >= 0.6 is 0 Å². The molecule has 2 aliphatic heterocycles. The van der Waals surface area contributed by atoms with Crippen molar-refractivity contribution >= 4 is 28.5 Å². The van der Waals surface area contributed by atoms with E-state index in [2.05, 4.69) is 37.2 Å². The van der Waals surface area contributed by atoms with Crippen LogP contribution in [0.4, 0.5) is 0 Å². The number of aromatic nitrogens is 2. The van der Waals surface area contributed by atoms with Gasteiger partial charge in [-0.15, -0.1) is 0 Å². The highest BCUT2D eigenvalue weighted by molar-refractivity contribution is 6.11. The molecule has 8 heteroatoms. The maximum Gasteiger partial charge on any atom is 0.251 e. The molecular weight excluding hydrogens is 440 g/mol. The predicted octanol–water partition coefficient (Wildman–Crippen LogP) is 3.10. The monoisotopic (exact) mass is 474 g/mol. The standard InChI is InChI=1S/C27H34N6O2/c1-5-17-11-20(33(24(17)28-2)14-16-6-7-16)25-30-19-10-18(12-21(35-4)23(19)32(25)3)26(34)31-22-13-29-15-27(22)8-9-27/h5,10-12,16,22,29H,6-9,13-15H2,1-4H3,(H,31,34)/b17-5-,28-24?/t22-/m0/s1. The summed E-state index contributed by atoms with van der Waals surface area (Å²) in [4.78, 5) is 25.2. The van der Waals surface area contributed by atoms with Crippen LogP contribution in [-0.4, -0.2) is 66.0 Å². The van der Waals surface area contributed by atoms with Crippen LogP contribution in [-0.2, 0) is 7.05 Å². The van der Waals surface area contributed by atoms with Crippen LogP contribution in [0.3, 0.4) is 0 Å². The number of carbonyl (C=O) groups excluding carboxylic acids is 1. The zero-order valence-corrected chi connectivity index (χ0v) is 21.0. The second-order valence-electron chi connectivity index (χ2n) is 10.4. The summed E-state index contributed by atoms with van der Waals surface area (Å²) >= 11 is 0. The van der Waals surface area contributed by atoms with Crippen molar-refractivity contribution in [1.29, 1.82) is 0 Å². The van der Waals surface area contributed by atoms with Gasteiger partial charge in [-0.1, -0.05) is 6.08 Å². The number of fused-ring (bicyclic) bond motifs is 1. The Morgan fingerprint density at radius 3 is 2.83 bits per heavy atom. The Morgan fingerprint density at radius 2 is 2.17 bits per heavy atom. The minimum atomic E-state index is -0.0653. The van der Waals surface area contributed by atoms with Crippen molar-refractivity contribution < 1.29 is 9.53 Å². The van der Waals surface area contributed by atoms with Gasteiger partial charge < -0.3 is 24.8 Å². The summed E-state index contributed by atoms with van der Waals surface area (Å²) in [6, 6.07) is 3.92. The van der Waals surface area contributed by atoms with E-state index >= 15 is 0 Å². The van der Waals surface area contributed by atoms with E-state index in [-0.39, 0.29) is 17.4 Å². The molecule has 1 aromatic heterocycles. The Kier molecular flexibility index (Phi) is 5.25. The molecule has 1 spiro atoms. The minimum Gasteiger partial charge on any atom is -0.494 e. The van der Waals surface area contributed by atoms with Gasteiger partial charge in [-0.2, -0.15) is 0 Å². The average Bonchev–Trinajstić information content (AvgIpc) is 3.74. The summed E-state index contributed by atoms with van der Waals surface area (Å²) in [5.41, 5.74) is 4.64. The summed E-state index contributed by atoms with van der Waals surface area (Å²) in [5.74, 6) is 3.14. The van der Waals surface area contributed by atoms with E-state index in [1.54, 1.807) is 7.11 Å². The summed E-state index contributed by atoms with van der Waals surface area (Å²) < 4.78 is 7.84. The largest absolute Gasteiger partial charge is 0.494 e. The molecule has 2 saturated carbocycles. The third-order valence-corrected chi connectivity index (χ3v) is 8.17. The number of methoxy groups -OCH3 is 1. The number of rotatable bonds is 6. The number of hydrogen-bond acceptors (Lipinski definition) is 5. The van der Waals surface area contributed by atoms with Gasteiger partial charge in [0.05, 0.1) is 18.3 Å². The topological polar surface area (TPSA) is 83.8 Å². The first-order valence-electron chi connectivity index (χ1n) is 12.7. The number of amides is 1. The SMILES string of the molecule is C/C=C1/C=C(c2nc3cc(C(=O)N[C@H]4CNCC45CC5)cc(OC)c3n2C)N(CC2CC2)C1=NC. The summed E-state index contributed by atoms with van der Waals surface area (Å²) in [6.07, 6.45) is 9.16. The van der Waals surface area contributed by atoms with Gasteiger partial charge in [-0.3, -0.25) is 9.79 Å². The highest BCUT2D eigenvalue weighted by Gasteiger charge is 2.52. The number of carbonyl (C=O) groups is 1. The number of ether oxygens (including phenoxy) is 1. The molecule has 0 bridgehead atoms. The number of aliphatic imine (C=N–C) groups is 1. The van der Waals surface area contributed by atoms with Crippen molar-refractivity contribution in [2.75, 3.05) is 33.8 Å². The van der Waals surface area contributed by atoms with E-state index in [9.17, 15) is 4.79 Å². The highest BCUT2D eigenvalue weighted by atomic mass is 16.5. The van der Waals surface area contributed by atoms with Crippen molar-refractivity contribution in [1.82, 2.24) is 25.1 Å². The molecule has 6 rings (SSSR count). The third-order valence-electron chi connectivity index (χ3n) is 8.17. The smallest absolute Gasteiger partial charge is 0.251 e. The molecule has 2 aliphatic carbocycles. The van der Waals surface area contributed by atoms with Crippen molar-refractivity contribution in [2.45, 2.75) is 38.6 Å². The van der Waals surface area contributed by atoms with Gasteiger partial charge in [0, 0.05) is 56.3 Å². The number of aryl methyl sites for hydroxylation is 1. The number of benzene rings is 1. The van der Waals surface area contributed by atoms with Crippen molar-refractivity contribution in [2.24, 2.45) is 23.4 Å². The average molecular weight is 475 g/mol. The first-order chi connectivity index (χ1) is 17.0. The molecule has 1 aromatic carbocycles. The molecule has 8 nitrogen and oxygen atoms in total. The number of hydrogen-bond donors (Lipinski definition) is 2. The van der Waals surface area contributed by atoms with Gasteiger partial charge >= 0.3 is 0 Å². The summed E-state index contributed by atoms with van der Waals surface area (Å²) in [7, 11) is 5.52. The quantitative estimate of drug-likeness (QED) is 0.672. The third kappa shape index (κ3) is 3.66. The lowest BCUT2D eigenvalue weighted by Crippen LogP contribution is -2.41. The fourth-order valence-corrected chi connectivity index (χ4v) is 5.71. The molecule has 0 radical (unpaired) electrons. The lowest BCUT2D eigenvalue weighted by atomic mass is 10.0. The second-order valence-corrected chi connectivity index (χ2v) is 10.4. The van der Waals surface area contributed by atoms with Crippen LogP contribution in [0.5, 0.6) is 5.75 Å². The molecule has 3 fully saturated rings. The van der Waals surface area contributed by atoms with Gasteiger partial charge in [0.1, 0.15) is 17.1 Å². The molecule has 1 atom stereocenters. The number of nitrogens with one attached hydrogen (secondary N) is 2. The van der Waals surface area contributed by atoms with E-state index in [0.717, 1.165) is 53.6 Å². The molecule has 1 saturated heterocycles. The van der Waals surface area contributed by atoms with Crippen molar-refractivity contribution in [3.8, 4) is 5.75 Å². The van der Waals surface area contributed by atoms with Crippen LogP contribution in [0.2, 0.25) is 0 Å². The Balaban J connectivity index is 1.38. The molecule has 2 N–H and O–H groups in total.